The first-order chi connectivity index (χ1) is 12.8. The second kappa shape index (κ2) is 6.83. The molecule has 0 unspecified atom stereocenters. The molecule has 8 nitrogen and oxygen atoms in total. The maximum absolute atomic E-state index is 12.4. The quantitative estimate of drug-likeness (QED) is 0.408. The zero-order chi connectivity index (χ0) is 19.7. The average Bonchev–Trinajstić information content (AvgIpc) is 2.62. The number of aromatic hydroxyl groups is 2. The molecule has 1 aromatic heterocycles. The Balaban J connectivity index is 1.96. The Hall–Kier alpha value is -3.81. The third kappa shape index (κ3) is 3.32. The van der Waals surface area contributed by atoms with Gasteiger partial charge in [-0.3, -0.25) is 9.59 Å². The lowest BCUT2D eigenvalue weighted by Gasteiger charge is -2.11. The fourth-order valence-corrected chi connectivity index (χ4v) is 2.80. The molecule has 0 saturated heterocycles. The summed E-state index contributed by atoms with van der Waals surface area (Å²) in [6, 6.07) is 8.98. The van der Waals surface area contributed by atoms with Crippen LogP contribution in [0.15, 0.2) is 45.6 Å². The van der Waals surface area contributed by atoms with Crippen LogP contribution in [0.3, 0.4) is 0 Å². The van der Waals surface area contributed by atoms with E-state index in [0.29, 0.717) is 10.9 Å². The van der Waals surface area contributed by atoms with Gasteiger partial charge in [0.05, 0.1) is 23.2 Å². The molecule has 0 saturated carbocycles. The van der Waals surface area contributed by atoms with Gasteiger partial charge < -0.3 is 25.7 Å². The Morgan fingerprint density at radius 1 is 1.15 bits per heavy atom. The zero-order valence-corrected chi connectivity index (χ0v) is 14.3. The topological polar surface area (TPSA) is 143 Å². The summed E-state index contributed by atoms with van der Waals surface area (Å²) < 4.78 is 5.08. The van der Waals surface area contributed by atoms with E-state index in [1.165, 1.54) is 24.3 Å². The molecule has 0 spiro atoms. The number of rotatable bonds is 4. The summed E-state index contributed by atoms with van der Waals surface area (Å²) in [6.07, 6.45) is -0.307. The Bertz CT molecular complexity index is 1130. The lowest BCUT2D eigenvalue weighted by molar-refractivity contribution is -0.115. The van der Waals surface area contributed by atoms with Crippen molar-refractivity contribution >= 4 is 28.5 Å². The molecule has 5 N–H and O–H groups in total. The molecule has 8 heteroatoms. The van der Waals surface area contributed by atoms with Gasteiger partial charge in [-0.1, -0.05) is 12.1 Å². The highest BCUT2D eigenvalue weighted by atomic mass is 16.4. The number of hydrogen-bond donors (Lipinski definition) is 4. The number of nitrogens with one attached hydrogen (secondary N) is 1. The highest BCUT2D eigenvalue weighted by Crippen LogP contribution is 2.34. The number of hydrogen-bond acceptors (Lipinski definition) is 6. The zero-order valence-electron chi connectivity index (χ0n) is 14.3. The van der Waals surface area contributed by atoms with Crippen LogP contribution in [0.4, 0.5) is 5.69 Å². The molecule has 3 rings (SSSR count). The molecule has 138 valence electrons. The van der Waals surface area contributed by atoms with E-state index in [1.807, 2.05) is 0 Å². The van der Waals surface area contributed by atoms with Gasteiger partial charge in [-0.05, 0) is 36.8 Å². The molecule has 1 heterocycles. The molecule has 2 aromatic carbocycles. The highest BCUT2D eigenvalue weighted by Gasteiger charge is 2.19. The number of fused-ring (bicyclic) bond motifs is 1. The summed E-state index contributed by atoms with van der Waals surface area (Å²) in [5.41, 5.74) is 5.24. The molecule has 0 radical (unpaired) electrons. The average molecular weight is 368 g/mol. The first-order valence-corrected chi connectivity index (χ1v) is 7.95. The summed E-state index contributed by atoms with van der Waals surface area (Å²) in [4.78, 5) is 36.1. The molecule has 0 aliphatic heterocycles. The minimum absolute atomic E-state index is 0.0987. The fourth-order valence-electron chi connectivity index (χ4n) is 2.80. The largest absolute Gasteiger partial charge is 0.504 e. The van der Waals surface area contributed by atoms with Gasteiger partial charge in [0.1, 0.15) is 0 Å². The first kappa shape index (κ1) is 18.0. The van der Waals surface area contributed by atoms with Crippen LogP contribution in [-0.4, -0.2) is 22.0 Å². The van der Waals surface area contributed by atoms with E-state index >= 15 is 0 Å². The van der Waals surface area contributed by atoms with E-state index in [4.69, 9.17) is 10.2 Å². The number of aryl methyl sites for hydroxylation is 1. The monoisotopic (exact) mass is 368 g/mol. The summed E-state index contributed by atoms with van der Waals surface area (Å²) >= 11 is 0. The van der Waals surface area contributed by atoms with E-state index in [0.717, 1.165) is 0 Å². The van der Waals surface area contributed by atoms with Gasteiger partial charge >= 0.3 is 5.63 Å². The molecule has 0 atom stereocenters. The lowest BCUT2D eigenvalue weighted by Crippen LogP contribution is -2.22. The van der Waals surface area contributed by atoms with Crippen molar-refractivity contribution in [2.75, 3.05) is 5.32 Å². The van der Waals surface area contributed by atoms with Crippen LogP contribution in [0.2, 0.25) is 0 Å². The number of nitrogens with two attached hydrogens (primary N) is 1. The molecule has 0 bridgehead atoms. The van der Waals surface area contributed by atoms with Crippen LogP contribution in [0.25, 0.3) is 11.0 Å². The SMILES string of the molecule is Cc1c(CC(=O)Nc2ccccc2C(N)=O)c(=O)oc2c(O)c(O)ccc12. The molecular formula is C19H16N2O6. The number of amides is 2. The highest BCUT2D eigenvalue weighted by molar-refractivity contribution is 6.03. The van der Waals surface area contributed by atoms with Crippen molar-refractivity contribution in [2.45, 2.75) is 13.3 Å². The Kier molecular flexibility index (Phi) is 4.55. The maximum Gasteiger partial charge on any atom is 0.340 e. The molecule has 0 aliphatic carbocycles. The van der Waals surface area contributed by atoms with Crippen LogP contribution in [-0.2, 0) is 11.2 Å². The number of carbonyl (C=O) groups is 2. The van der Waals surface area contributed by atoms with E-state index in [1.54, 1.807) is 19.1 Å². The normalized spacial score (nSPS) is 10.7. The maximum atomic E-state index is 12.4. The van der Waals surface area contributed by atoms with Gasteiger partial charge in [-0.25, -0.2) is 4.79 Å². The third-order valence-electron chi connectivity index (χ3n) is 4.21. The van der Waals surface area contributed by atoms with E-state index in [-0.39, 0.29) is 28.8 Å². The molecule has 3 aromatic rings. The summed E-state index contributed by atoms with van der Waals surface area (Å²) in [5, 5.41) is 22.3. The number of primary amides is 1. The van der Waals surface area contributed by atoms with E-state index in [2.05, 4.69) is 5.32 Å². The Labute approximate surface area is 152 Å². The number of benzene rings is 2. The van der Waals surface area contributed by atoms with Gasteiger partial charge in [0, 0.05) is 5.39 Å². The predicted molar refractivity (Wildman–Crippen MR) is 97.8 cm³/mol. The second-order valence-corrected chi connectivity index (χ2v) is 5.94. The molecule has 2 amide bonds. The smallest absolute Gasteiger partial charge is 0.340 e. The van der Waals surface area contributed by atoms with Crippen molar-refractivity contribution in [3.05, 3.63) is 63.5 Å². The summed E-state index contributed by atoms with van der Waals surface area (Å²) in [7, 11) is 0. The first-order valence-electron chi connectivity index (χ1n) is 7.95. The number of carbonyl (C=O) groups excluding carboxylic acids is 2. The Morgan fingerprint density at radius 3 is 2.56 bits per heavy atom. The third-order valence-corrected chi connectivity index (χ3v) is 4.21. The van der Waals surface area contributed by atoms with Gasteiger partial charge in [0.2, 0.25) is 11.7 Å². The van der Waals surface area contributed by atoms with Gasteiger partial charge in [-0.15, -0.1) is 0 Å². The lowest BCUT2D eigenvalue weighted by atomic mass is 10.0. The van der Waals surface area contributed by atoms with Crippen molar-refractivity contribution in [3.8, 4) is 11.5 Å². The van der Waals surface area contributed by atoms with E-state index in [9.17, 15) is 24.6 Å². The van der Waals surface area contributed by atoms with Crippen molar-refractivity contribution in [1.82, 2.24) is 0 Å². The molecule has 0 aliphatic rings. The number of anilines is 1. The number of phenolic OH excluding ortho intramolecular Hbond substituents is 2. The van der Waals surface area contributed by atoms with Gasteiger partial charge in [0.25, 0.3) is 5.91 Å². The number of phenols is 2. The Morgan fingerprint density at radius 2 is 1.85 bits per heavy atom. The van der Waals surface area contributed by atoms with E-state index < -0.39 is 28.9 Å². The standard InChI is InChI=1S/C19H16N2O6/c1-9-10-6-7-14(22)16(24)17(10)27-19(26)12(9)8-15(23)21-13-5-3-2-4-11(13)18(20)25/h2-7,22,24H,8H2,1H3,(H2,20,25)(H,21,23). The van der Waals surface area contributed by atoms with Crippen molar-refractivity contribution in [3.63, 3.8) is 0 Å². The minimum atomic E-state index is -0.806. The second-order valence-electron chi connectivity index (χ2n) is 5.94. The fraction of sp³-hybridized carbons (Fsp3) is 0.105. The molecule has 0 fully saturated rings. The molecular weight excluding hydrogens is 352 g/mol. The van der Waals surface area contributed by atoms with Gasteiger partial charge in [-0.2, -0.15) is 0 Å². The van der Waals surface area contributed by atoms with Crippen LogP contribution in [0.5, 0.6) is 11.5 Å². The van der Waals surface area contributed by atoms with Gasteiger partial charge in [0.15, 0.2) is 11.3 Å². The summed E-state index contributed by atoms with van der Waals surface area (Å²) in [6.45, 7) is 1.61. The minimum Gasteiger partial charge on any atom is -0.504 e. The van der Waals surface area contributed by atoms with Crippen molar-refractivity contribution in [1.29, 1.82) is 0 Å². The van der Waals surface area contributed by atoms with Crippen LogP contribution >= 0.6 is 0 Å². The number of para-hydroxylation sites is 1. The van der Waals surface area contributed by atoms with Crippen molar-refractivity contribution in [2.24, 2.45) is 5.73 Å². The van der Waals surface area contributed by atoms with Crippen LogP contribution in [0.1, 0.15) is 21.5 Å². The predicted octanol–water partition coefficient (Wildman–Crippen LogP) is 1.79. The summed E-state index contributed by atoms with van der Waals surface area (Å²) in [5.74, 6) is -2.19. The van der Waals surface area contributed by atoms with Crippen LogP contribution in [0, 0.1) is 6.92 Å². The molecule has 27 heavy (non-hydrogen) atoms. The van der Waals surface area contributed by atoms with Crippen molar-refractivity contribution < 1.29 is 24.2 Å². The van der Waals surface area contributed by atoms with Crippen LogP contribution < -0.4 is 16.7 Å².